The van der Waals surface area contributed by atoms with Gasteiger partial charge in [-0.2, -0.15) is 0 Å². The van der Waals surface area contributed by atoms with E-state index in [4.69, 9.17) is 0 Å². The Kier molecular flexibility index (Phi) is 8.49. The van der Waals surface area contributed by atoms with Crippen molar-refractivity contribution in [3.05, 3.63) is 91.0 Å². The summed E-state index contributed by atoms with van der Waals surface area (Å²) in [4.78, 5) is 22.4. The van der Waals surface area contributed by atoms with E-state index >= 15 is 0 Å². The Bertz CT molecular complexity index is 1150. The molecule has 0 radical (unpaired) electrons. The van der Waals surface area contributed by atoms with Crippen LogP contribution in [0, 0.1) is 0 Å². The van der Waals surface area contributed by atoms with Crippen molar-refractivity contribution in [2.45, 2.75) is 44.5 Å². The zero-order valence-electron chi connectivity index (χ0n) is 23.7. The van der Waals surface area contributed by atoms with Crippen LogP contribution < -0.4 is 10.7 Å². The fourth-order valence-corrected chi connectivity index (χ4v) is 14.6. The molecule has 4 aromatic rings. The molecule has 0 aliphatic carbocycles. The van der Waals surface area contributed by atoms with E-state index in [1.807, 2.05) is 0 Å². The van der Waals surface area contributed by atoms with E-state index in [2.05, 4.69) is 135 Å². The summed E-state index contributed by atoms with van der Waals surface area (Å²) in [6.07, 6.45) is 0. The van der Waals surface area contributed by atoms with Gasteiger partial charge >= 0.3 is 235 Å². The first-order valence-corrected chi connectivity index (χ1v) is 43.2. The molecule has 0 nitrogen and oxygen atoms in total. The van der Waals surface area contributed by atoms with E-state index < -0.39 is 55.1 Å². The standard InChI is InChI=1S/C24H15.9CH3.3Sn/c1-4-10-19(11-5-1)22-16-23(20-12-6-2-7-13-20)18-24(17-22)21-14-8-3-9-15-21;;;;;;;;;;;;/h4-18H;9*1H3;;;. The average molecular weight is 795 g/mol. The zero-order valence-corrected chi connectivity index (χ0v) is 32.2. The SMILES string of the molecule is [CH3][Sn]([CH3])([CH3])[c]1ccc(-c2cc(-c3cc[c]([Sn]([CH3])([CH3])[CH3])cc3)cc(-c3cc[c]([Sn]([CH3])([CH3])[CH3])cc3)c2)cc1. The van der Waals surface area contributed by atoms with E-state index in [9.17, 15) is 0 Å². The Hall–Kier alpha value is -0.724. The molecule has 4 rings (SSSR count). The fourth-order valence-electron chi connectivity index (χ4n) is 4.62. The summed E-state index contributed by atoms with van der Waals surface area (Å²) in [5, 5.41) is 0. The molecule has 0 saturated heterocycles. The molecule has 4 aromatic carbocycles. The van der Waals surface area contributed by atoms with E-state index in [-0.39, 0.29) is 0 Å². The molecule has 0 spiro atoms. The van der Waals surface area contributed by atoms with Crippen molar-refractivity contribution >= 4 is 65.9 Å². The van der Waals surface area contributed by atoms with Crippen molar-refractivity contribution in [2.75, 3.05) is 0 Å². The van der Waals surface area contributed by atoms with Crippen LogP contribution in [-0.4, -0.2) is 55.1 Å². The number of rotatable bonds is 6. The van der Waals surface area contributed by atoms with Gasteiger partial charge < -0.3 is 0 Å². The second-order valence-electron chi connectivity index (χ2n) is 13.3. The number of hydrogen-bond acceptors (Lipinski definition) is 0. The Morgan fingerprint density at radius 3 is 0.639 bits per heavy atom. The molecule has 0 saturated carbocycles. The third-order valence-corrected chi connectivity index (χ3v) is 24.9. The molecule has 0 heterocycles. The minimum absolute atomic E-state index is 1.30. The predicted octanol–water partition coefficient (Wildman–Crippen LogP) is 8.32. The monoisotopic (exact) mass is 798 g/mol. The first-order valence-electron chi connectivity index (χ1n) is 13.2. The van der Waals surface area contributed by atoms with Gasteiger partial charge in [0.15, 0.2) is 0 Å². The summed E-state index contributed by atoms with van der Waals surface area (Å²) in [5.74, 6) is 0. The van der Waals surface area contributed by atoms with Gasteiger partial charge in [0.2, 0.25) is 0 Å². The van der Waals surface area contributed by atoms with Gasteiger partial charge in [-0.3, -0.25) is 0 Å². The maximum absolute atomic E-state index is 2.49. The minimum atomic E-state index is -2.07. The van der Waals surface area contributed by atoms with Crippen LogP contribution in [0.1, 0.15) is 0 Å². The molecular weight excluding hydrogens is 752 g/mol. The predicted molar refractivity (Wildman–Crippen MR) is 172 cm³/mol. The summed E-state index contributed by atoms with van der Waals surface area (Å²) in [5.41, 5.74) is 7.83. The van der Waals surface area contributed by atoms with Gasteiger partial charge in [0.25, 0.3) is 0 Å². The van der Waals surface area contributed by atoms with E-state index in [0.29, 0.717) is 0 Å². The Morgan fingerprint density at radius 2 is 0.472 bits per heavy atom. The summed E-state index contributed by atoms with van der Waals surface area (Å²) in [6.45, 7) is 0. The molecule has 186 valence electrons. The maximum atomic E-state index is 2.49. The second kappa shape index (κ2) is 10.8. The molecule has 0 fully saturated rings. The molecule has 0 aromatic heterocycles. The van der Waals surface area contributed by atoms with E-state index in [0.717, 1.165) is 0 Å². The summed E-state index contributed by atoms with van der Waals surface area (Å²) in [6, 6.07) is 35.5. The molecule has 0 N–H and O–H groups in total. The molecule has 0 amide bonds. The first-order chi connectivity index (χ1) is 16.7. The molecule has 3 heteroatoms. The molecule has 0 atom stereocenters. The molecule has 0 aliphatic rings. The van der Waals surface area contributed by atoms with Crippen LogP contribution in [0.2, 0.25) is 44.5 Å². The van der Waals surface area contributed by atoms with Crippen molar-refractivity contribution in [1.29, 1.82) is 0 Å². The summed E-state index contributed by atoms with van der Waals surface area (Å²) < 4.78 is 4.74. The summed E-state index contributed by atoms with van der Waals surface area (Å²) >= 11 is -6.21. The molecule has 0 unspecified atom stereocenters. The van der Waals surface area contributed by atoms with Crippen LogP contribution >= 0.6 is 0 Å². The summed E-state index contributed by atoms with van der Waals surface area (Å²) in [7, 11) is 0. The number of benzene rings is 4. The van der Waals surface area contributed by atoms with Crippen molar-refractivity contribution in [3.63, 3.8) is 0 Å². The van der Waals surface area contributed by atoms with Crippen LogP contribution in [-0.2, 0) is 0 Å². The zero-order chi connectivity index (χ0) is 26.3. The van der Waals surface area contributed by atoms with Crippen LogP contribution in [0.25, 0.3) is 33.4 Å². The first kappa shape index (κ1) is 28.3. The van der Waals surface area contributed by atoms with Gasteiger partial charge in [0.1, 0.15) is 0 Å². The van der Waals surface area contributed by atoms with Gasteiger partial charge in [0, 0.05) is 0 Å². The normalized spacial score (nSPS) is 12.6. The van der Waals surface area contributed by atoms with Crippen molar-refractivity contribution in [3.8, 4) is 33.4 Å². The van der Waals surface area contributed by atoms with Crippen molar-refractivity contribution in [1.82, 2.24) is 0 Å². The van der Waals surface area contributed by atoms with Crippen LogP contribution in [0.4, 0.5) is 0 Å². The van der Waals surface area contributed by atoms with Gasteiger partial charge in [0.05, 0.1) is 0 Å². The fraction of sp³-hybridized carbons (Fsp3) is 0.273. The van der Waals surface area contributed by atoms with Gasteiger partial charge in [-0.1, -0.05) is 0 Å². The van der Waals surface area contributed by atoms with Crippen molar-refractivity contribution < 1.29 is 0 Å². The Morgan fingerprint density at radius 1 is 0.278 bits per heavy atom. The van der Waals surface area contributed by atoms with Gasteiger partial charge in [-0.15, -0.1) is 0 Å². The second-order valence-corrected chi connectivity index (χ2v) is 56.8. The van der Waals surface area contributed by atoms with Gasteiger partial charge in [-0.05, 0) is 0 Å². The van der Waals surface area contributed by atoms with Crippen LogP contribution in [0.5, 0.6) is 0 Å². The topological polar surface area (TPSA) is 0 Å². The third-order valence-electron chi connectivity index (χ3n) is 7.19. The van der Waals surface area contributed by atoms with Crippen LogP contribution in [0.15, 0.2) is 91.0 Å². The third kappa shape index (κ3) is 6.82. The molecule has 0 bridgehead atoms. The van der Waals surface area contributed by atoms with Gasteiger partial charge in [-0.25, -0.2) is 0 Å². The Balaban J connectivity index is 1.82. The molecular formula is C33H42Sn3. The number of hydrogen-bond donors (Lipinski definition) is 0. The van der Waals surface area contributed by atoms with Crippen LogP contribution in [0.3, 0.4) is 0 Å². The Labute approximate surface area is 232 Å². The molecule has 0 aliphatic heterocycles. The average Bonchev–Trinajstić information content (AvgIpc) is 2.82. The quantitative estimate of drug-likeness (QED) is 0.173. The van der Waals surface area contributed by atoms with E-state index in [1.165, 1.54) is 33.4 Å². The molecule has 36 heavy (non-hydrogen) atoms. The van der Waals surface area contributed by atoms with E-state index in [1.54, 1.807) is 10.7 Å². The van der Waals surface area contributed by atoms with Crippen molar-refractivity contribution in [2.24, 2.45) is 0 Å².